The molecular weight excluding hydrogens is 840 g/mol. The Labute approximate surface area is 370 Å². The van der Waals surface area contributed by atoms with Gasteiger partial charge in [0.15, 0.2) is 0 Å². The zero-order chi connectivity index (χ0) is 46.1. The Morgan fingerprint density at radius 1 is 0.508 bits per heavy atom. The normalized spacial score (nSPS) is 11.6. The number of nitrogens with zero attached hydrogens (tertiary/aromatic N) is 3. The number of rotatable bonds is 45. The highest BCUT2D eigenvalue weighted by Gasteiger charge is 2.20. The molecule has 23 heteroatoms. The Morgan fingerprint density at radius 3 is 1.10 bits per heavy atom. The van der Waals surface area contributed by atoms with Gasteiger partial charge in [-0.3, -0.25) is 20.2 Å². The fraction of sp³-hybridized carbons (Fsp3) is 0.825. The molecule has 366 valence electrons. The third-order valence-corrected chi connectivity index (χ3v) is 7.69. The first-order valence-corrected chi connectivity index (χ1v) is 21.1. The molecule has 1 aromatic carbocycles. The van der Waals surface area contributed by atoms with Crippen LogP contribution in [0, 0.1) is 20.2 Å². The standard InChI is InChI=1S/C40H72N4O19/c1-40(2,3)63-39(45)42(4)8-10-51-12-14-53-16-18-55-20-22-57-24-26-59-28-30-61-32-34-62-33-31-60-29-27-58-25-23-56-21-19-54-17-15-52-13-11-50-9-7-41-37-6-5-36(43(46)47)35-38(37)44(48)49/h5-6,35,41H,7-34H2,1-4H3. The number of carbonyl (C=O) groups excluding carboxylic acids is 1. The van der Waals surface area contributed by atoms with Crippen molar-refractivity contribution >= 4 is 23.2 Å². The zero-order valence-corrected chi connectivity index (χ0v) is 37.6. The van der Waals surface area contributed by atoms with Crippen LogP contribution in [0.3, 0.4) is 0 Å². The first-order chi connectivity index (χ1) is 30.5. The lowest BCUT2D eigenvalue weighted by molar-refractivity contribution is -0.393. The Hall–Kier alpha value is -3.43. The third kappa shape index (κ3) is 36.6. The molecule has 0 bridgehead atoms. The van der Waals surface area contributed by atoms with Gasteiger partial charge in [0.2, 0.25) is 0 Å². The van der Waals surface area contributed by atoms with Crippen molar-refractivity contribution in [1.82, 2.24) is 4.90 Å². The van der Waals surface area contributed by atoms with E-state index in [1.54, 1.807) is 7.05 Å². The average Bonchev–Trinajstić information content (AvgIpc) is 3.24. The molecule has 1 amide bonds. The largest absolute Gasteiger partial charge is 0.444 e. The van der Waals surface area contributed by atoms with E-state index in [0.717, 1.165) is 6.07 Å². The highest BCUT2D eigenvalue weighted by atomic mass is 16.6. The summed E-state index contributed by atoms with van der Waals surface area (Å²) in [7, 11) is 1.67. The summed E-state index contributed by atoms with van der Waals surface area (Å²) in [5, 5.41) is 24.8. The molecule has 0 aliphatic heterocycles. The molecule has 1 rings (SSSR count). The van der Waals surface area contributed by atoms with Gasteiger partial charge in [0.05, 0.1) is 188 Å². The van der Waals surface area contributed by atoms with Crippen LogP contribution in [-0.2, 0) is 66.3 Å². The van der Waals surface area contributed by atoms with E-state index in [4.69, 9.17) is 66.3 Å². The van der Waals surface area contributed by atoms with E-state index in [1.165, 1.54) is 17.0 Å². The predicted octanol–water partition coefficient (Wildman–Crippen LogP) is 3.00. The Bertz CT molecular complexity index is 1280. The van der Waals surface area contributed by atoms with Crippen molar-refractivity contribution < 1.29 is 81.0 Å². The van der Waals surface area contributed by atoms with E-state index in [-0.39, 0.29) is 36.3 Å². The predicted molar refractivity (Wildman–Crippen MR) is 228 cm³/mol. The minimum atomic E-state index is -0.684. The first kappa shape index (κ1) is 57.6. The molecule has 0 unspecified atom stereocenters. The maximum atomic E-state index is 11.9. The van der Waals surface area contributed by atoms with E-state index in [9.17, 15) is 25.0 Å². The summed E-state index contributed by atoms with van der Waals surface area (Å²) in [6, 6.07) is 3.42. The molecule has 0 radical (unpaired) electrons. The minimum absolute atomic E-state index is 0.180. The lowest BCUT2D eigenvalue weighted by Crippen LogP contribution is -2.36. The number of nitro benzene ring substituents is 2. The summed E-state index contributed by atoms with van der Waals surface area (Å²) in [5.41, 5.74) is -1.06. The Balaban J connectivity index is 1.69. The van der Waals surface area contributed by atoms with Crippen molar-refractivity contribution in [2.75, 3.05) is 197 Å². The Morgan fingerprint density at radius 2 is 0.810 bits per heavy atom. The van der Waals surface area contributed by atoms with Gasteiger partial charge in [0.1, 0.15) is 11.3 Å². The summed E-state index contributed by atoms with van der Waals surface area (Å²) >= 11 is 0. The van der Waals surface area contributed by atoms with Crippen molar-refractivity contribution in [3.8, 4) is 0 Å². The van der Waals surface area contributed by atoms with Gasteiger partial charge in [0, 0.05) is 26.2 Å². The second kappa shape index (κ2) is 40.1. The van der Waals surface area contributed by atoms with Crippen LogP contribution in [0.5, 0.6) is 0 Å². The fourth-order valence-corrected chi connectivity index (χ4v) is 4.57. The number of non-ortho nitro benzene ring substituents is 1. The maximum absolute atomic E-state index is 11.9. The van der Waals surface area contributed by atoms with Crippen LogP contribution in [0.4, 0.5) is 21.9 Å². The van der Waals surface area contributed by atoms with Crippen LogP contribution in [-0.4, -0.2) is 218 Å². The number of nitro groups is 2. The van der Waals surface area contributed by atoms with E-state index in [1.807, 2.05) is 20.8 Å². The molecule has 0 heterocycles. The molecular formula is C40H72N4O19. The monoisotopic (exact) mass is 912 g/mol. The molecule has 0 saturated carbocycles. The molecule has 0 aliphatic rings. The van der Waals surface area contributed by atoms with Crippen molar-refractivity contribution in [2.45, 2.75) is 26.4 Å². The highest BCUT2D eigenvalue weighted by Crippen LogP contribution is 2.28. The van der Waals surface area contributed by atoms with Crippen LogP contribution in [0.25, 0.3) is 0 Å². The molecule has 1 N–H and O–H groups in total. The van der Waals surface area contributed by atoms with Crippen LogP contribution in [0.15, 0.2) is 18.2 Å². The zero-order valence-electron chi connectivity index (χ0n) is 37.6. The number of hydrogen-bond donors (Lipinski definition) is 1. The number of nitrogens with one attached hydrogen (secondary N) is 1. The maximum Gasteiger partial charge on any atom is 0.410 e. The SMILES string of the molecule is CN(CCOCCOCCOCCOCCOCCOCCOCCOCCOCCOCCOCCOCCOCCNc1ccc([N+](=O)[O-])cc1[N+](=O)[O-])C(=O)OC(C)(C)C. The topological polar surface area (TPSA) is 248 Å². The number of benzene rings is 1. The number of carbonyl (C=O) groups is 1. The second-order valence-electron chi connectivity index (χ2n) is 14.0. The summed E-state index contributed by atoms with van der Waals surface area (Å²) in [4.78, 5) is 34.0. The van der Waals surface area contributed by atoms with Gasteiger partial charge in [-0.2, -0.15) is 0 Å². The molecule has 63 heavy (non-hydrogen) atoms. The number of likely N-dealkylation sites (N-methyl/N-ethyl adjacent to an activating group) is 1. The van der Waals surface area contributed by atoms with E-state index in [2.05, 4.69) is 5.32 Å². The molecule has 1 aromatic rings. The average molecular weight is 913 g/mol. The Kier molecular flexibility index (Phi) is 36.7. The lowest BCUT2D eigenvalue weighted by atomic mass is 10.2. The first-order valence-electron chi connectivity index (χ1n) is 21.1. The molecule has 23 nitrogen and oxygen atoms in total. The van der Waals surface area contributed by atoms with Gasteiger partial charge in [-0.1, -0.05) is 0 Å². The van der Waals surface area contributed by atoms with E-state index >= 15 is 0 Å². The molecule has 0 spiro atoms. The summed E-state index contributed by atoms with van der Waals surface area (Å²) in [6.07, 6.45) is -0.375. The summed E-state index contributed by atoms with van der Waals surface area (Å²) in [5.74, 6) is 0. The van der Waals surface area contributed by atoms with E-state index in [0.29, 0.717) is 172 Å². The molecule has 0 aromatic heterocycles. The van der Waals surface area contributed by atoms with Crippen molar-refractivity contribution in [2.24, 2.45) is 0 Å². The highest BCUT2D eigenvalue weighted by molar-refractivity contribution is 5.67. The van der Waals surface area contributed by atoms with E-state index < -0.39 is 15.4 Å². The minimum Gasteiger partial charge on any atom is -0.444 e. The van der Waals surface area contributed by atoms with Crippen molar-refractivity contribution in [3.05, 3.63) is 38.4 Å². The van der Waals surface area contributed by atoms with Crippen LogP contribution >= 0.6 is 0 Å². The van der Waals surface area contributed by atoms with Gasteiger partial charge >= 0.3 is 6.09 Å². The van der Waals surface area contributed by atoms with Crippen LogP contribution in [0.1, 0.15) is 20.8 Å². The van der Waals surface area contributed by atoms with Gasteiger partial charge < -0.3 is 76.5 Å². The molecule has 0 saturated heterocycles. The summed E-state index contributed by atoms with van der Waals surface area (Å²) < 4.78 is 76.4. The number of amides is 1. The second-order valence-corrected chi connectivity index (χ2v) is 14.0. The lowest BCUT2D eigenvalue weighted by Gasteiger charge is -2.24. The smallest absolute Gasteiger partial charge is 0.410 e. The van der Waals surface area contributed by atoms with Gasteiger partial charge in [0.25, 0.3) is 11.4 Å². The van der Waals surface area contributed by atoms with Gasteiger partial charge in [-0.05, 0) is 26.8 Å². The molecule has 0 fully saturated rings. The third-order valence-electron chi connectivity index (χ3n) is 7.69. The quantitative estimate of drug-likeness (QED) is 0.0561. The van der Waals surface area contributed by atoms with Crippen molar-refractivity contribution in [3.63, 3.8) is 0 Å². The number of ether oxygens (including phenoxy) is 14. The van der Waals surface area contributed by atoms with Gasteiger partial charge in [-0.15, -0.1) is 0 Å². The number of anilines is 1. The van der Waals surface area contributed by atoms with Crippen LogP contribution in [0.2, 0.25) is 0 Å². The number of hydrogen-bond acceptors (Lipinski definition) is 20. The molecule has 0 atom stereocenters. The summed E-state index contributed by atoms with van der Waals surface area (Å²) in [6.45, 7) is 17.5. The van der Waals surface area contributed by atoms with Crippen LogP contribution < -0.4 is 5.32 Å². The fourth-order valence-electron chi connectivity index (χ4n) is 4.57. The van der Waals surface area contributed by atoms with Crippen molar-refractivity contribution in [1.29, 1.82) is 0 Å². The molecule has 0 aliphatic carbocycles. The van der Waals surface area contributed by atoms with Gasteiger partial charge in [-0.25, -0.2) is 4.79 Å².